The number of carbonyl (C=O) groups excluding carboxylic acids is 1. The molecule has 1 saturated heterocycles. The molecule has 1 aromatic heterocycles. The van der Waals surface area contributed by atoms with Gasteiger partial charge in [0.1, 0.15) is 5.75 Å². The van der Waals surface area contributed by atoms with Crippen molar-refractivity contribution in [1.29, 1.82) is 0 Å². The number of hydrogen-bond acceptors (Lipinski definition) is 3. The van der Waals surface area contributed by atoms with Crippen molar-refractivity contribution in [1.82, 2.24) is 14.4 Å². The van der Waals surface area contributed by atoms with Gasteiger partial charge >= 0.3 is 0 Å². The molecule has 1 saturated carbocycles. The minimum absolute atomic E-state index is 0.158. The summed E-state index contributed by atoms with van der Waals surface area (Å²) in [5.74, 6) is 1.71. The zero-order valence-corrected chi connectivity index (χ0v) is 19.1. The minimum atomic E-state index is 0.158. The number of para-hydroxylation sites is 1. The lowest BCUT2D eigenvalue weighted by atomic mass is 9.89. The Morgan fingerprint density at radius 2 is 1.87 bits per heavy atom. The van der Waals surface area contributed by atoms with Gasteiger partial charge in [-0.05, 0) is 45.2 Å². The standard InChI is InChI=1S/C25H37N3O2/c1-5-26-14-19(3)28(15-18(26)2)25(29)22-17-27(16-20-10-7-6-8-11-20)24-21(22)12-9-13-23(24)30-4/h9,12-13,17-20H,5-8,10-11,14-16H2,1-4H3/t18-,19+/m1/s1. The Balaban J connectivity index is 1.69. The Hall–Kier alpha value is -2.01. The zero-order valence-electron chi connectivity index (χ0n) is 19.1. The number of hydrogen-bond donors (Lipinski definition) is 0. The van der Waals surface area contributed by atoms with Gasteiger partial charge in [-0.3, -0.25) is 9.69 Å². The van der Waals surface area contributed by atoms with Gasteiger partial charge in [-0.25, -0.2) is 0 Å². The lowest BCUT2D eigenvalue weighted by Crippen LogP contribution is -2.57. The van der Waals surface area contributed by atoms with E-state index >= 15 is 0 Å². The number of fused-ring (bicyclic) bond motifs is 1. The van der Waals surface area contributed by atoms with Gasteiger partial charge in [0.25, 0.3) is 5.91 Å². The van der Waals surface area contributed by atoms with Gasteiger partial charge < -0.3 is 14.2 Å². The lowest BCUT2D eigenvalue weighted by molar-refractivity contribution is 0.0336. The van der Waals surface area contributed by atoms with E-state index in [4.69, 9.17) is 4.74 Å². The fourth-order valence-corrected chi connectivity index (χ4v) is 5.53. The Kier molecular flexibility index (Phi) is 6.37. The number of methoxy groups -OCH3 is 1. The topological polar surface area (TPSA) is 37.7 Å². The number of amides is 1. The average Bonchev–Trinajstić information content (AvgIpc) is 3.13. The highest BCUT2D eigenvalue weighted by Gasteiger charge is 2.33. The van der Waals surface area contributed by atoms with Crippen LogP contribution in [0.3, 0.4) is 0 Å². The molecule has 0 N–H and O–H groups in total. The number of aromatic nitrogens is 1. The first-order valence-electron chi connectivity index (χ1n) is 11.7. The molecule has 30 heavy (non-hydrogen) atoms. The molecule has 4 rings (SSSR count). The van der Waals surface area contributed by atoms with Crippen LogP contribution in [0.4, 0.5) is 0 Å². The van der Waals surface area contributed by atoms with Gasteiger partial charge in [-0.15, -0.1) is 0 Å². The maximum Gasteiger partial charge on any atom is 0.256 e. The van der Waals surface area contributed by atoms with E-state index in [0.29, 0.717) is 12.0 Å². The van der Waals surface area contributed by atoms with Gasteiger partial charge in [0.2, 0.25) is 0 Å². The molecule has 2 heterocycles. The maximum atomic E-state index is 13.7. The van der Waals surface area contributed by atoms with E-state index in [1.165, 1.54) is 32.1 Å². The van der Waals surface area contributed by atoms with E-state index in [9.17, 15) is 4.79 Å². The highest BCUT2D eigenvalue weighted by molar-refractivity contribution is 6.08. The molecule has 0 bridgehead atoms. The normalized spacial score (nSPS) is 23.8. The molecule has 0 unspecified atom stereocenters. The van der Waals surface area contributed by atoms with Crippen LogP contribution in [-0.2, 0) is 6.54 Å². The Labute approximate surface area is 181 Å². The van der Waals surface area contributed by atoms with E-state index in [2.05, 4.69) is 47.4 Å². The summed E-state index contributed by atoms with van der Waals surface area (Å²) in [6.07, 6.45) is 8.68. The molecule has 1 amide bonds. The number of rotatable bonds is 5. The summed E-state index contributed by atoms with van der Waals surface area (Å²) in [5.41, 5.74) is 1.89. The van der Waals surface area contributed by atoms with Crippen molar-refractivity contribution in [3.8, 4) is 5.75 Å². The van der Waals surface area contributed by atoms with Gasteiger partial charge in [-0.1, -0.05) is 38.3 Å². The second-order valence-electron chi connectivity index (χ2n) is 9.30. The van der Waals surface area contributed by atoms with Crippen LogP contribution in [0.2, 0.25) is 0 Å². The van der Waals surface area contributed by atoms with Crippen LogP contribution in [0, 0.1) is 5.92 Å². The number of piperazine rings is 1. The van der Waals surface area contributed by atoms with E-state index in [0.717, 1.165) is 48.4 Å². The van der Waals surface area contributed by atoms with Crippen LogP contribution < -0.4 is 4.74 Å². The van der Waals surface area contributed by atoms with Crippen LogP contribution in [0.15, 0.2) is 24.4 Å². The molecular weight excluding hydrogens is 374 g/mol. The number of carbonyl (C=O) groups is 1. The second-order valence-corrected chi connectivity index (χ2v) is 9.30. The van der Waals surface area contributed by atoms with Crippen molar-refractivity contribution in [2.24, 2.45) is 5.92 Å². The van der Waals surface area contributed by atoms with E-state index in [-0.39, 0.29) is 11.9 Å². The molecule has 5 nitrogen and oxygen atoms in total. The third-order valence-electron chi connectivity index (χ3n) is 7.27. The molecule has 2 aromatic rings. The molecule has 5 heteroatoms. The van der Waals surface area contributed by atoms with Crippen LogP contribution >= 0.6 is 0 Å². The number of likely N-dealkylation sites (N-methyl/N-ethyl adjacent to an activating group) is 1. The van der Waals surface area contributed by atoms with Crippen molar-refractivity contribution < 1.29 is 9.53 Å². The van der Waals surface area contributed by atoms with Gasteiger partial charge in [0.15, 0.2) is 0 Å². The van der Waals surface area contributed by atoms with Crippen LogP contribution in [0.25, 0.3) is 10.9 Å². The molecule has 1 aliphatic heterocycles. The predicted octanol–water partition coefficient (Wildman–Crippen LogP) is 4.78. The minimum Gasteiger partial charge on any atom is -0.495 e. The molecule has 2 atom stereocenters. The second kappa shape index (κ2) is 9.01. The van der Waals surface area contributed by atoms with E-state index in [1.807, 2.05) is 12.1 Å². The smallest absolute Gasteiger partial charge is 0.256 e. The first-order valence-corrected chi connectivity index (χ1v) is 11.7. The molecule has 1 aliphatic carbocycles. The Bertz CT molecular complexity index is 884. The van der Waals surface area contributed by atoms with Crippen molar-refractivity contribution in [2.75, 3.05) is 26.7 Å². The quantitative estimate of drug-likeness (QED) is 0.710. The number of benzene rings is 1. The average molecular weight is 412 g/mol. The summed E-state index contributed by atoms with van der Waals surface area (Å²) in [7, 11) is 1.72. The highest BCUT2D eigenvalue weighted by atomic mass is 16.5. The van der Waals surface area contributed by atoms with Crippen LogP contribution in [0.1, 0.15) is 63.2 Å². The summed E-state index contributed by atoms with van der Waals surface area (Å²) in [4.78, 5) is 18.3. The summed E-state index contributed by atoms with van der Waals surface area (Å²) in [5, 5.41) is 1.02. The molecule has 0 spiro atoms. The molecule has 2 fully saturated rings. The first-order chi connectivity index (χ1) is 14.5. The molecule has 2 aliphatic rings. The van der Waals surface area contributed by atoms with Crippen LogP contribution in [-0.4, -0.2) is 59.1 Å². The van der Waals surface area contributed by atoms with Crippen molar-refractivity contribution >= 4 is 16.8 Å². The first kappa shape index (κ1) is 21.2. The monoisotopic (exact) mass is 411 g/mol. The summed E-state index contributed by atoms with van der Waals surface area (Å²) in [6.45, 7) is 10.3. The van der Waals surface area contributed by atoms with Crippen molar-refractivity contribution in [2.45, 2.75) is 71.5 Å². The fraction of sp³-hybridized carbons (Fsp3) is 0.640. The highest BCUT2D eigenvalue weighted by Crippen LogP contribution is 2.34. The third kappa shape index (κ3) is 3.96. The third-order valence-corrected chi connectivity index (χ3v) is 7.27. The fourth-order valence-electron chi connectivity index (χ4n) is 5.53. The summed E-state index contributed by atoms with van der Waals surface area (Å²) >= 11 is 0. The Morgan fingerprint density at radius 3 is 2.57 bits per heavy atom. The maximum absolute atomic E-state index is 13.7. The van der Waals surface area contributed by atoms with Crippen molar-refractivity contribution in [3.63, 3.8) is 0 Å². The van der Waals surface area contributed by atoms with Gasteiger partial charge in [0, 0.05) is 43.3 Å². The van der Waals surface area contributed by atoms with E-state index < -0.39 is 0 Å². The molecular formula is C25H37N3O2. The van der Waals surface area contributed by atoms with Gasteiger partial charge in [0.05, 0.1) is 18.2 Å². The molecule has 0 radical (unpaired) electrons. The lowest BCUT2D eigenvalue weighted by Gasteiger charge is -2.43. The molecule has 164 valence electrons. The van der Waals surface area contributed by atoms with Crippen molar-refractivity contribution in [3.05, 3.63) is 30.0 Å². The van der Waals surface area contributed by atoms with Gasteiger partial charge in [-0.2, -0.15) is 0 Å². The van der Waals surface area contributed by atoms with Crippen LogP contribution in [0.5, 0.6) is 5.75 Å². The zero-order chi connectivity index (χ0) is 21.3. The predicted molar refractivity (Wildman–Crippen MR) is 122 cm³/mol. The van der Waals surface area contributed by atoms with E-state index in [1.54, 1.807) is 7.11 Å². The summed E-state index contributed by atoms with van der Waals surface area (Å²) < 4.78 is 8.01. The number of nitrogens with zero attached hydrogens (tertiary/aromatic N) is 3. The summed E-state index contributed by atoms with van der Waals surface area (Å²) in [6, 6.07) is 6.71. The number of ether oxygens (including phenoxy) is 1. The molecule has 1 aromatic carbocycles. The SMILES string of the molecule is CCN1C[C@H](C)N(C(=O)c2cn(CC3CCCCC3)c3c(OC)cccc23)C[C@H]1C. The largest absolute Gasteiger partial charge is 0.495 e. The Morgan fingerprint density at radius 1 is 1.10 bits per heavy atom.